The molecule has 0 aromatic heterocycles. The minimum absolute atomic E-state index is 0.343. The van der Waals surface area contributed by atoms with Crippen LogP contribution in [0.15, 0.2) is 24.3 Å². The Kier molecular flexibility index (Phi) is 7.29. The molecule has 0 heterocycles. The summed E-state index contributed by atoms with van der Waals surface area (Å²) in [5.41, 5.74) is 0.914. The molecule has 0 N–H and O–H groups in total. The third kappa shape index (κ3) is 6.21. The van der Waals surface area contributed by atoms with Crippen LogP contribution >= 0.6 is 11.6 Å². The van der Waals surface area contributed by atoms with Crippen LogP contribution in [0.4, 0.5) is 0 Å². The maximum atomic E-state index is 5.55. The van der Waals surface area contributed by atoms with Crippen molar-refractivity contribution >= 4 is 11.6 Å². The third-order valence-corrected chi connectivity index (χ3v) is 2.11. The van der Waals surface area contributed by atoms with Gasteiger partial charge in [-0.15, -0.1) is 11.6 Å². The van der Waals surface area contributed by atoms with E-state index in [2.05, 4.69) is 18.8 Å². The first-order valence-electron chi connectivity index (χ1n) is 5.72. The molecule has 17 heavy (non-hydrogen) atoms. The molecule has 0 saturated carbocycles. The van der Waals surface area contributed by atoms with E-state index in [1.807, 2.05) is 24.3 Å². The fraction of sp³-hybridized carbons (Fsp3) is 0.429. The number of hydrogen-bond donors (Lipinski definition) is 0. The predicted molar refractivity (Wildman–Crippen MR) is 70.6 cm³/mol. The first-order chi connectivity index (χ1) is 8.36. The highest BCUT2D eigenvalue weighted by molar-refractivity contribution is 6.19. The molecule has 0 aliphatic rings. The van der Waals surface area contributed by atoms with E-state index in [0.29, 0.717) is 19.1 Å². The fourth-order valence-corrected chi connectivity index (χ4v) is 1.33. The lowest BCUT2D eigenvalue weighted by molar-refractivity contribution is 0.101. The highest BCUT2D eigenvalue weighted by Gasteiger charge is 1.95. The fourth-order valence-electron chi connectivity index (χ4n) is 1.26. The standard InChI is InChI=1S/C14H17ClO2/c1-2-9-16-10-11-17-14-7-3-5-13(12-14)6-4-8-15/h3,5,7,12H,2,8-11H2,1H3. The molecule has 0 bridgehead atoms. The Balaban J connectivity index is 2.38. The maximum absolute atomic E-state index is 5.55. The van der Waals surface area contributed by atoms with E-state index in [1.54, 1.807) is 0 Å². The molecule has 0 aliphatic carbocycles. The van der Waals surface area contributed by atoms with Crippen molar-refractivity contribution in [1.82, 2.24) is 0 Å². The Hall–Kier alpha value is -1.17. The molecule has 92 valence electrons. The number of halogens is 1. The molecule has 0 atom stereocenters. The lowest BCUT2D eigenvalue weighted by Gasteiger charge is -2.06. The molecular formula is C14H17ClO2. The monoisotopic (exact) mass is 252 g/mol. The minimum atomic E-state index is 0.343. The highest BCUT2D eigenvalue weighted by Crippen LogP contribution is 2.12. The van der Waals surface area contributed by atoms with Crippen molar-refractivity contribution in [2.75, 3.05) is 25.7 Å². The average Bonchev–Trinajstić information content (AvgIpc) is 2.37. The van der Waals surface area contributed by atoms with Gasteiger partial charge in [0, 0.05) is 12.2 Å². The van der Waals surface area contributed by atoms with E-state index in [4.69, 9.17) is 21.1 Å². The van der Waals surface area contributed by atoms with Crippen LogP contribution in [-0.2, 0) is 4.74 Å². The van der Waals surface area contributed by atoms with E-state index >= 15 is 0 Å². The molecular weight excluding hydrogens is 236 g/mol. The van der Waals surface area contributed by atoms with Gasteiger partial charge in [-0.3, -0.25) is 0 Å². The summed E-state index contributed by atoms with van der Waals surface area (Å²) in [6, 6.07) is 7.66. The summed E-state index contributed by atoms with van der Waals surface area (Å²) in [4.78, 5) is 0. The molecule has 0 radical (unpaired) electrons. The van der Waals surface area contributed by atoms with Crippen molar-refractivity contribution < 1.29 is 9.47 Å². The van der Waals surface area contributed by atoms with E-state index in [9.17, 15) is 0 Å². The predicted octanol–water partition coefficient (Wildman–Crippen LogP) is 3.08. The van der Waals surface area contributed by atoms with Crippen LogP contribution in [-0.4, -0.2) is 25.7 Å². The summed E-state index contributed by atoms with van der Waals surface area (Å²) in [6.07, 6.45) is 1.03. The lowest BCUT2D eigenvalue weighted by atomic mass is 10.2. The van der Waals surface area contributed by atoms with Gasteiger partial charge in [0.25, 0.3) is 0 Å². The quantitative estimate of drug-likeness (QED) is 0.440. The summed E-state index contributed by atoms with van der Waals surface area (Å²) < 4.78 is 10.9. The van der Waals surface area contributed by atoms with Gasteiger partial charge in [0.2, 0.25) is 0 Å². The van der Waals surface area contributed by atoms with Crippen LogP contribution in [0.5, 0.6) is 5.75 Å². The van der Waals surface area contributed by atoms with Gasteiger partial charge in [0.15, 0.2) is 0 Å². The van der Waals surface area contributed by atoms with Crippen molar-refractivity contribution in [3.8, 4) is 17.6 Å². The molecule has 1 aromatic rings. The van der Waals surface area contributed by atoms with Crippen LogP contribution in [0.25, 0.3) is 0 Å². The summed E-state index contributed by atoms with van der Waals surface area (Å²) in [7, 11) is 0. The van der Waals surface area contributed by atoms with E-state index in [1.165, 1.54) is 0 Å². The summed E-state index contributed by atoms with van der Waals surface area (Å²) >= 11 is 5.50. The summed E-state index contributed by atoms with van der Waals surface area (Å²) in [6.45, 7) is 4.04. The van der Waals surface area contributed by atoms with Gasteiger partial charge in [-0.1, -0.05) is 24.8 Å². The normalized spacial score (nSPS) is 9.53. The molecule has 3 heteroatoms. The Morgan fingerprint density at radius 2 is 2.12 bits per heavy atom. The molecule has 2 nitrogen and oxygen atoms in total. The molecule has 0 spiro atoms. The SMILES string of the molecule is CCCOCCOc1cccc(C#CCCl)c1. The number of rotatable bonds is 6. The van der Waals surface area contributed by atoms with Crippen molar-refractivity contribution in [1.29, 1.82) is 0 Å². The van der Waals surface area contributed by atoms with Gasteiger partial charge in [-0.05, 0) is 24.6 Å². The molecule has 0 saturated heterocycles. The van der Waals surface area contributed by atoms with Gasteiger partial charge in [-0.25, -0.2) is 0 Å². The maximum Gasteiger partial charge on any atom is 0.120 e. The number of hydrogen-bond acceptors (Lipinski definition) is 2. The number of alkyl halides is 1. The zero-order valence-corrected chi connectivity index (χ0v) is 10.8. The van der Waals surface area contributed by atoms with Crippen LogP contribution in [0.3, 0.4) is 0 Å². The number of ether oxygens (including phenoxy) is 2. The summed E-state index contributed by atoms with van der Waals surface area (Å²) in [5.74, 6) is 6.92. The average molecular weight is 253 g/mol. The Morgan fingerprint density at radius 1 is 1.24 bits per heavy atom. The van der Waals surface area contributed by atoms with Gasteiger partial charge in [-0.2, -0.15) is 0 Å². The molecule has 1 rings (SSSR count). The lowest BCUT2D eigenvalue weighted by Crippen LogP contribution is -2.07. The Bertz CT molecular complexity index is 379. The molecule has 0 unspecified atom stereocenters. The molecule has 0 aliphatic heterocycles. The second kappa shape index (κ2) is 8.92. The van der Waals surface area contributed by atoms with E-state index in [0.717, 1.165) is 24.3 Å². The van der Waals surface area contributed by atoms with E-state index < -0.39 is 0 Å². The minimum Gasteiger partial charge on any atom is -0.491 e. The van der Waals surface area contributed by atoms with Crippen LogP contribution in [0.1, 0.15) is 18.9 Å². The van der Waals surface area contributed by atoms with Gasteiger partial charge < -0.3 is 9.47 Å². The van der Waals surface area contributed by atoms with Gasteiger partial charge >= 0.3 is 0 Å². The third-order valence-electron chi connectivity index (χ3n) is 1.98. The molecule has 0 fully saturated rings. The Labute approximate surface area is 108 Å². The van der Waals surface area contributed by atoms with E-state index in [-0.39, 0.29) is 0 Å². The zero-order valence-electron chi connectivity index (χ0n) is 10.0. The summed E-state index contributed by atoms with van der Waals surface area (Å²) in [5, 5.41) is 0. The largest absolute Gasteiger partial charge is 0.491 e. The highest BCUT2D eigenvalue weighted by atomic mass is 35.5. The first-order valence-corrected chi connectivity index (χ1v) is 6.25. The smallest absolute Gasteiger partial charge is 0.120 e. The van der Waals surface area contributed by atoms with Crippen molar-refractivity contribution in [2.45, 2.75) is 13.3 Å². The van der Waals surface area contributed by atoms with Crippen LogP contribution in [0, 0.1) is 11.8 Å². The second-order valence-corrected chi connectivity index (χ2v) is 3.69. The van der Waals surface area contributed by atoms with Crippen molar-refractivity contribution in [3.63, 3.8) is 0 Å². The second-order valence-electron chi connectivity index (χ2n) is 3.42. The zero-order chi connectivity index (χ0) is 12.3. The number of benzene rings is 1. The Morgan fingerprint density at radius 3 is 2.88 bits per heavy atom. The first kappa shape index (κ1) is 13.9. The molecule has 1 aromatic carbocycles. The van der Waals surface area contributed by atoms with Crippen molar-refractivity contribution in [2.24, 2.45) is 0 Å². The van der Waals surface area contributed by atoms with Gasteiger partial charge in [0.05, 0.1) is 12.5 Å². The topological polar surface area (TPSA) is 18.5 Å². The van der Waals surface area contributed by atoms with Gasteiger partial charge in [0.1, 0.15) is 12.4 Å². The van der Waals surface area contributed by atoms with Crippen LogP contribution in [0.2, 0.25) is 0 Å². The molecule has 0 amide bonds. The van der Waals surface area contributed by atoms with Crippen molar-refractivity contribution in [3.05, 3.63) is 29.8 Å². The van der Waals surface area contributed by atoms with Crippen LogP contribution < -0.4 is 4.74 Å².